The minimum atomic E-state index is -1.12. The van der Waals surface area contributed by atoms with Crippen LogP contribution in [0.2, 0.25) is 0 Å². The van der Waals surface area contributed by atoms with Crippen molar-refractivity contribution in [3.8, 4) is 0 Å². The van der Waals surface area contributed by atoms with Crippen molar-refractivity contribution in [3.05, 3.63) is 48.2 Å². The quantitative estimate of drug-likeness (QED) is 0.0563. The molecule has 2 saturated heterocycles. The van der Waals surface area contributed by atoms with Crippen LogP contribution in [0.25, 0.3) is 10.9 Å². The van der Waals surface area contributed by atoms with E-state index in [-0.39, 0.29) is 44.7 Å². The number of hydrogen-bond acceptors (Lipinski definition) is 10. The van der Waals surface area contributed by atoms with E-state index in [1.165, 1.54) is 23.0 Å². The number of carbonyl (C=O) groups is 8. The van der Waals surface area contributed by atoms with E-state index in [0.29, 0.717) is 57.8 Å². The molecule has 65 heavy (non-hydrogen) atoms. The van der Waals surface area contributed by atoms with Gasteiger partial charge in [-0.25, -0.2) is 9.59 Å². The number of aliphatic carboxylic acids is 1. The van der Waals surface area contributed by atoms with E-state index >= 15 is 0 Å². The van der Waals surface area contributed by atoms with Gasteiger partial charge in [-0.1, -0.05) is 77.7 Å². The maximum Gasteiger partial charge on any atom is 0.330 e. The van der Waals surface area contributed by atoms with Crippen LogP contribution in [0.15, 0.2) is 42.6 Å². The van der Waals surface area contributed by atoms with Crippen LogP contribution in [-0.4, -0.2) is 130 Å². The van der Waals surface area contributed by atoms with Crippen LogP contribution in [0.4, 0.5) is 0 Å². The average Bonchev–Trinajstić information content (AvgIpc) is 4.07. The van der Waals surface area contributed by atoms with Gasteiger partial charge in [-0.3, -0.25) is 28.8 Å². The van der Waals surface area contributed by atoms with E-state index in [9.17, 15) is 43.5 Å². The SMILES string of the molecule is CCCC[C@H](NC(=O)[C@H](CCCC)NC(=O)[C@@H](N)CC/C=C/C(=O)OC)C(=O)N[C@@H](CC(C)C)C(=O)N1CCC[C@H]1C(=O)N[C@@H](Cc1c[nH]c2ccccc12)C(=O)N1CCC[C@H]1C(=O)O. The molecule has 358 valence electrons. The third-order valence-corrected chi connectivity index (χ3v) is 12.1. The lowest BCUT2D eigenvalue weighted by Crippen LogP contribution is -2.60. The van der Waals surface area contributed by atoms with E-state index in [2.05, 4.69) is 31.0 Å². The van der Waals surface area contributed by atoms with Crippen molar-refractivity contribution in [2.24, 2.45) is 11.7 Å². The zero-order valence-electron chi connectivity index (χ0n) is 38.6. The number of amides is 6. The van der Waals surface area contributed by atoms with Crippen LogP contribution >= 0.6 is 0 Å². The lowest BCUT2D eigenvalue weighted by atomic mass is 10.00. The number of carbonyl (C=O) groups excluding carboxylic acids is 7. The van der Waals surface area contributed by atoms with E-state index < -0.39 is 89.7 Å². The number of likely N-dealkylation sites (tertiary alicyclic amines) is 2. The summed E-state index contributed by atoms with van der Waals surface area (Å²) < 4.78 is 4.57. The van der Waals surface area contributed by atoms with Gasteiger partial charge in [0.25, 0.3) is 0 Å². The number of para-hydroxylation sites is 1. The molecule has 7 atom stereocenters. The van der Waals surface area contributed by atoms with Crippen LogP contribution in [0.3, 0.4) is 0 Å². The zero-order valence-corrected chi connectivity index (χ0v) is 38.6. The highest BCUT2D eigenvalue weighted by Gasteiger charge is 2.42. The number of nitrogens with one attached hydrogen (secondary N) is 5. The van der Waals surface area contributed by atoms with Crippen LogP contribution in [-0.2, 0) is 49.5 Å². The Morgan fingerprint density at radius 3 is 1.97 bits per heavy atom. The van der Waals surface area contributed by atoms with Gasteiger partial charge < -0.3 is 51.6 Å². The second kappa shape index (κ2) is 25.6. The Hall–Kier alpha value is -5.78. The smallest absolute Gasteiger partial charge is 0.330 e. The Bertz CT molecular complexity index is 2000. The molecule has 8 N–H and O–H groups in total. The normalized spacial score (nSPS) is 18.5. The van der Waals surface area contributed by atoms with Crippen LogP contribution in [0.5, 0.6) is 0 Å². The minimum absolute atomic E-state index is 0.0579. The molecule has 0 bridgehead atoms. The number of nitrogens with zero attached hydrogens (tertiary/aromatic N) is 2. The number of rotatable bonds is 25. The number of unbranched alkanes of at least 4 members (excludes halogenated alkanes) is 2. The van der Waals surface area contributed by atoms with Crippen molar-refractivity contribution in [2.45, 2.75) is 160 Å². The van der Waals surface area contributed by atoms with Gasteiger partial charge in [-0.15, -0.1) is 0 Å². The van der Waals surface area contributed by atoms with Crippen molar-refractivity contribution in [1.82, 2.24) is 36.1 Å². The Kier molecular flexibility index (Phi) is 20.5. The molecule has 3 heterocycles. The van der Waals surface area contributed by atoms with E-state index in [1.54, 1.807) is 12.3 Å². The molecule has 1 aromatic carbocycles. The number of esters is 1. The predicted octanol–water partition coefficient (Wildman–Crippen LogP) is 2.98. The maximum absolute atomic E-state index is 14.5. The molecule has 2 aliphatic heterocycles. The van der Waals surface area contributed by atoms with E-state index in [1.807, 2.05) is 52.0 Å². The summed E-state index contributed by atoms with van der Waals surface area (Å²) in [5.74, 6) is -4.94. The fraction of sp³-hybridized carbons (Fsp3) is 0.617. The molecular formula is C47H70N8O10. The first-order valence-corrected chi connectivity index (χ1v) is 23.2. The topological polar surface area (TPSA) is 262 Å². The number of benzene rings is 1. The highest BCUT2D eigenvalue weighted by molar-refractivity contribution is 5.98. The molecule has 0 radical (unpaired) electrons. The number of fused-ring (bicyclic) bond motifs is 1. The van der Waals surface area contributed by atoms with E-state index in [0.717, 1.165) is 22.9 Å². The average molecular weight is 907 g/mol. The largest absolute Gasteiger partial charge is 0.480 e. The van der Waals surface area contributed by atoms with Crippen molar-refractivity contribution >= 4 is 58.3 Å². The van der Waals surface area contributed by atoms with Crippen molar-refractivity contribution in [1.29, 1.82) is 0 Å². The molecule has 6 amide bonds. The Morgan fingerprint density at radius 1 is 0.800 bits per heavy atom. The summed E-state index contributed by atoms with van der Waals surface area (Å²) in [7, 11) is 1.26. The number of ether oxygens (including phenoxy) is 1. The molecule has 0 unspecified atom stereocenters. The third-order valence-electron chi connectivity index (χ3n) is 12.1. The number of aromatic amines is 1. The molecule has 2 aliphatic rings. The number of carboxylic acid groups (broad SMARTS) is 1. The first kappa shape index (κ1) is 51.9. The van der Waals surface area contributed by atoms with Crippen molar-refractivity contribution in [3.63, 3.8) is 0 Å². The molecule has 2 aromatic rings. The summed E-state index contributed by atoms with van der Waals surface area (Å²) in [6, 6.07) is 0.390. The number of methoxy groups -OCH3 is 1. The first-order chi connectivity index (χ1) is 31.1. The second-order valence-corrected chi connectivity index (χ2v) is 17.5. The number of H-pyrrole nitrogens is 1. The summed E-state index contributed by atoms with van der Waals surface area (Å²) in [6.45, 7) is 8.17. The second-order valence-electron chi connectivity index (χ2n) is 17.5. The van der Waals surface area contributed by atoms with Gasteiger partial charge in [0.1, 0.15) is 36.3 Å². The molecule has 1 aromatic heterocycles. The number of carboxylic acids is 1. The maximum atomic E-state index is 14.5. The zero-order chi connectivity index (χ0) is 47.6. The lowest BCUT2D eigenvalue weighted by molar-refractivity contribution is -0.149. The van der Waals surface area contributed by atoms with Crippen LogP contribution < -0.4 is 27.0 Å². The molecule has 4 rings (SSSR count). The molecular weight excluding hydrogens is 837 g/mol. The highest BCUT2D eigenvalue weighted by Crippen LogP contribution is 2.25. The standard InChI is InChI=1S/C47H70N8O10/c1-6-8-18-34(50-41(57)32(48)17-11-13-23-40(56)65-5)42(58)51-35(19-9-7-2)43(59)52-36(26-29(3)4)45(61)54-24-14-21-38(54)44(60)53-37(46(62)55-25-15-22-39(55)47(63)64)27-30-28-49-33-20-12-10-16-31(30)33/h10,12-13,16,20,23,28-29,32,34-39,49H,6-9,11,14-15,17-19,21-22,24-27,48H2,1-5H3,(H,50,57)(H,51,58)(H,52,59)(H,53,60)(H,63,64)/b23-13+/t32-,34-,35-,36-,37-,38-,39-/m0/s1. The highest BCUT2D eigenvalue weighted by atomic mass is 16.5. The minimum Gasteiger partial charge on any atom is -0.480 e. The van der Waals surface area contributed by atoms with Crippen molar-refractivity contribution < 1.29 is 48.2 Å². The summed E-state index contributed by atoms with van der Waals surface area (Å²) in [4.78, 5) is 113. The third kappa shape index (κ3) is 14.9. The first-order valence-electron chi connectivity index (χ1n) is 23.2. The molecule has 18 nitrogen and oxygen atoms in total. The Morgan fingerprint density at radius 2 is 1.37 bits per heavy atom. The number of nitrogens with two attached hydrogens (primary N) is 1. The van der Waals surface area contributed by atoms with Crippen LogP contribution in [0.1, 0.15) is 117 Å². The van der Waals surface area contributed by atoms with E-state index in [4.69, 9.17) is 5.73 Å². The fourth-order valence-electron chi connectivity index (χ4n) is 8.50. The molecule has 2 fully saturated rings. The van der Waals surface area contributed by atoms with Gasteiger partial charge in [0.05, 0.1) is 13.2 Å². The number of allylic oxidation sites excluding steroid dienone is 1. The Labute approximate surface area is 381 Å². The summed E-state index contributed by atoms with van der Waals surface area (Å²) in [5.41, 5.74) is 7.73. The number of aromatic nitrogens is 1. The fourth-order valence-corrected chi connectivity index (χ4v) is 8.50. The number of hydrogen-bond donors (Lipinski definition) is 7. The lowest BCUT2D eigenvalue weighted by Gasteiger charge is -2.32. The van der Waals surface area contributed by atoms with Crippen molar-refractivity contribution in [2.75, 3.05) is 20.2 Å². The van der Waals surface area contributed by atoms with Gasteiger partial charge in [-0.05, 0) is 75.3 Å². The summed E-state index contributed by atoms with van der Waals surface area (Å²) in [6.07, 6.45) is 10.2. The van der Waals surface area contributed by atoms with Gasteiger partial charge in [0.2, 0.25) is 35.4 Å². The Balaban J connectivity index is 1.50. The van der Waals surface area contributed by atoms with Crippen LogP contribution in [0, 0.1) is 5.92 Å². The summed E-state index contributed by atoms with van der Waals surface area (Å²) in [5, 5.41) is 22.1. The molecule has 0 aliphatic carbocycles. The monoisotopic (exact) mass is 907 g/mol. The molecule has 18 heteroatoms. The van der Waals surface area contributed by atoms with Gasteiger partial charge in [-0.2, -0.15) is 0 Å². The van der Waals surface area contributed by atoms with Gasteiger partial charge in [0.15, 0.2) is 0 Å². The van der Waals surface area contributed by atoms with Gasteiger partial charge in [0, 0.05) is 42.7 Å². The summed E-state index contributed by atoms with van der Waals surface area (Å²) >= 11 is 0. The molecule has 0 spiro atoms. The predicted molar refractivity (Wildman–Crippen MR) is 244 cm³/mol. The van der Waals surface area contributed by atoms with Gasteiger partial charge >= 0.3 is 11.9 Å². The molecule has 0 saturated carbocycles.